The minimum atomic E-state index is -7.49. The Labute approximate surface area is 114 Å². The molecule has 0 rings (SSSR count). The number of aliphatic hydroxyl groups excluding tert-OH is 1. The second-order valence-electron chi connectivity index (χ2n) is 4.18. The van der Waals surface area contributed by atoms with Gasteiger partial charge in [-0.05, 0) is 6.42 Å². The van der Waals surface area contributed by atoms with Crippen LogP contribution in [-0.2, 0) is 0 Å². The van der Waals surface area contributed by atoms with Crippen LogP contribution in [0.5, 0.6) is 0 Å². The molecule has 0 aliphatic rings. The van der Waals surface area contributed by atoms with Gasteiger partial charge in [0.25, 0.3) is 0 Å². The summed E-state index contributed by atoms with van der Waals surface area (Å²) in [4.78, 5) is 0. The highest BCUT2D eigenvalue weighted by atomic mass is 19.4. The fourth-order valence-corrected chi connectivity index (χ4v) is 1.23. The van der Waals surface area contributed by atoms with Crippen molar-refractivity contribution >= 4 is 0 Å². The minimum absolute atomic E-state index is 1.22. The van der Waals surface area contributed by atoms with Gasteiger partial charge >= 0.3 is 36.0 Å². The Balaban J connectivity index is 5.88. The molecule has 13 heteroatoms. The first kappa shape index (κ1) is 21.1. The molecule has 0 atom stereocenters. The van der Waals surface area contributed by atoms with Crippen LogP contribution < -0.4 is 0 Å². The average Bonchev–Trinajstić information content (AvgIpc) is 2.35. The molecule has 0 radical (unpaired) electrons. The Morgan fingerprint density at radius 1 is 0.682 bits per heavy atom. The lowest BCUT2D eigenvalue weighted by Gasteiger charge is -2.39. The molecule has 0 aliphatic heterocycles. The zero-order valence-corrected chi connectivity index (χ0v) is 10.2. The number of hydrogen-bond donors (Lipinski definition) is 1. The van der Waals surface area contributed by atoms with Crippen LogP contribution in [0, 0.1) is 0 Å². The predicted molar refractivity (Wildman–Crippen MR) is 47.1 cm³/mol. The second-order valence-corrected chi connectivity index (χ2v) is 4.18. The van der Waals surface area contributed by atoms with E-state index in [9.17, 15) is 52.7 Å². The molecule has 0 unspecified atom stereocenters. The van der Waals surface area contributed by atoms with Crippen LogP contribution >= 0.6 is 0 Å². The Morgan fingerprint density at radius 3 is 1.41 bits per heavy atom. The molecule has 0 spiro atoms. The van der Waals surface area contributed by atoms with E-state index >= 15 is 0 Å². The summed E-state index contributed by atoms with van der Waals surface area (Å²) in [5, 5.41) is 8.13. The zero-order valence-electron chi connectivity index (χ0n) is 10.2. The first-order valence-corrected chi connectivity index (χ1v) is 5.28. The van der Waals surface area contributed by atoms with E-state index in [1.807, 2.05) is 0 Å². The molecule has 1 nitrogen and oxygen atoms in total. The van der Waals surface area contributed by atoms with Gasteiger partial charge in [0.1, 0.15) is 0 Å². The Bertz CT molecular complexity index is 377. The molecule has 0 bridgehead atoms. The molecule has 0 saturated heterocycles. The topological polar surface area (TPSA) is 20.2 Å². The van der Waals surface area contributed by atoms with Crippen molar-refractivity contribution in [1.82, 2.24) is 0 Å². The largest absolute Gasteiger partial charge is 0.396 e. The first-order chi connectivity index (χ1) is 9.50. The van der Waals surface area contributed by atoms with Gasteiger partial charge in [0, 0.05) is 13.0 Å². The number of rotatable bonds is 8. The quantitative estimate of drug-likeness (QED) is 0.644. The molecule has 0 aromatic carbocycles. The van der Waals surface area contributed by atoms with E-state index in [1.165, 1.54) is 0 Å². The predicted octanol–water partition coefficient (Wildman–Crippen LogP) is 4.20. The van der Waals surface area contributed by atoms with Crippen LogP contribution in [0.25, 0.3) is 0 Å². The van der Waals surface area contributed by atoms with Crippen molar-refractivity contribution in [2.24, 2.45) is 0 Å². The van der Waals surface area contributed by atoms with Crippen LogP contribution in [0.1, 0.15) is 12.8 Å². The average molecular weight is 360 g/mol. The van der Waals surface area contributed by atoms with Gasteiger partial charge in [-0.1, -0.05) is 0 Å². The van der Waals surface area contributed by atoms with Crippen LogP contribution in [0.15, 0.2) is 0 Å². The van der Waals surface area contributed by atoms with Gasteiger partial charge in [-0.3, -0.25) is 0 Å². The number of hydrogen-bond acceptors (Lipinski definition) is 1. The third kappa shape index (κ3) is 2.95. The normalized spacial score (nSPS) is 15.5. The molecular weight excluding hydrogens is 352 g/mol. The van der Waals surface area contributed by atoms with E-state index in [1.54, 1.807) is 0 Å². The maximum Gasteiger partial charge on any atom is 0.384 e. The van der Waals surface area contributed by atoms with Crippen molar-refractivity contribution in [1.29, 1.82) is 0 Å². The summed E-state index contributed by atoms with van der Waals surface area (Å²) in [7, 11) is 0. The second kappa shape index (κ2) is 5.96. The molecule has 0 saturated carbocycles. The molecule has 0 aromatic heterocycles. The van der Waals surface area contributed by atoms with E-state index in [2.05, 4.69) is 0 Å². The molecular formula is C9H8F12O. The summed E-state index contributed by atoms with van der Waals surface area (Å²) in [5.74, 6) is -35.0. The summed E-state index contributed by atoms with van der Waals surface area (Å²) < 4.78 is 151. The molecule has 0 heterocycles. The maximum absolute atomic E-state index is 13.0. The van der Waals surface area contributed by atoms with Crippen molar-refractivity contribution in [3.63, 3.8) is 0 Å². The van der Waals surface area contributed by atoms with Crippen molar-refractivity contribution < 1.29 is 57.8 Å². The van der Waals surface area contributed by atoms with Crippen LogP contribution in [0.4, 0.5) is 52.7 Å². The summed E-state index contributed by atoms with van der Waals surface area (Å²) in [6.07, 6.45) is -9.02. The highest BCUT2D eigenvalue weighted by Crippen LogP contribution is 2.58. The lowest BCUT2D eigenvalue weighted by atomic mass is 9.92. The van der Waals surface area contributed by atoms with Gasteiger partial charge < -0.3 is 5.11 Å². The monoisotopic (exact) mass is 360 g/mol. The fourth-order valence-electron chi connectivity index (χ4n) is 1.23. The summed E-state index contributed by atoms with van der Waals surface area (Å²) in [6.45, 7) is -1.22. The number of halogens is 12. The summed E-state index contributed by atoms with van der Waals surface area (Å²) >= 11 is 0. The van der Waals surface area contributed by atoms with E-state index in [0.717, 1.165) is 0 Å². The third-order valence-corrected chi connectivity index (χ3v) is 2.59. The molecule has 1 N–H and O–H groups in total. The molecule has 22 heavy (non-hydrogen) atoms. The highest BCUT2D eigenvalue weighted by Gasteiger charge is 2.87. The molecule has 0 aromatic rings. The summed E-state index contributed by atoms with van der Waals surface area (Å²) in [5.41, 5.74) is 0. The Kier molecular flexibility index (Phi) is 5.72. The fraction of sp³-hybridized carbons (Fsp3) is 1.00. The lowest BCUT2D eigenvalue weighted by molar-refractivity contribution is -0.413. The van der Waals surface area contributed by atoms with Crippen molar-refractivity contribution in [3.05, 3.63) is 0 Å². The highest BCUT2D eigenvalue weighted by molar-refractivity contribution is 5.08. The smallest absolute Gasteiger partial charge is 0.384 e. The van der Waals surface area contributed by atoms with Crippen LogP contribution in [0.2, 0.25) is 0 Å². The standard InChI is InChI=1S/C9H8F12O/c10-4(11)6(14,15)8(18,19)9(20,21)7(16,17)5(12,13)2-1-3-22/h4,22H,1-3H2. The van der Waals surface area contributed by atoms with Gasteiger partial charge in [0.2, 0.25) is 0 Å². The van der Waals surface area contributed by atoms with Gasteiger partial charge in [0.05, 0.1) is 0 Å². The van der Waals surface area contributed by atoms with Crippen LogP contribution in [-0.4, -0.2) is 47.8 Å². The number of alkyl halides is 12. The van der Waals surface area contributed by atoms with E-state index < -0.39 is 55.5 Å². The van der Waals surface area contributed by atoms with Crippen molar-refractivity contribution in [2.45, 2.75) is 48.9 Å². The van der Waals surface area contributed by atoms with E-state index in [4.69, 9.17) is 5.11 Å². The van der Waals surface area contributed by atoms with Crippen LogP contribution in [0.3, 0.4) is 0 Å². The molecule has 0 fully saturated rings. The Hall–Kier alpha value is -0.880. The molecule has 134 valence electrons. The number of aliphatic hydroxyl groups is 1. The first-order valence-electron chi connectivity index (χ1n) is 5.28. The maximum atomic E-state index is 13.0. The Morgan fingerprint density at radius 2 is 1.09 bits per heavy atom. The van der Waals surface area contributed by atoms with Crippen molar-refractivity contribution in [2.75, 3.05) is 6.61 Å². The van der Waals surface area contributed by atoms with Gasteiger partial charge in [-0.25, -0.2) is 8.78 Å². The van der Waals surface area contributed by atoms with E-state index in [-0.39, 0.29) is 0 Å². The van der Waals surface area contributed by atoms with Crippen molar-refractivity contribution in [3.8, 4) is 0 Å². The lowest BCUT2D eigenvalue weighted by Crippen LogP contribution is -2.68. The van der Waals surface area contributed by atoms with Gasteiger partial charge in [-0.2, -0.15) is 43.9 Å². The third-order valence-electron chi connectivity index (χ3n) is 2.59. The van der Waals surface area contributed by atoms with E-state index in [0.29, 0.717) is 0 Å². The van der Waals surface area contributed by atoms with Gasteiger partial charge in [0.15, 0.2) is 0 Å². The SMILES string of the molecule is OCCCC(F)(F)C(F)(F)C(F)(F)C(F)(F)C(F)(F)C(F)F. The van der Waals surface area contributed by atoms with Gasteiger partial charge in [-0.15, -0.1) is 0 Å². The minimum Gasteiger partial charge on any atom is -0.396 e. The molecule has 0 amide bonds. The molecule has 0 aliphatic carbocycles. The summed E-state index contributed by atoms with van der Waals surface area (Å²) in [6, 6.07) is 0. The zero-order chi connectivity index (χ0) is 18.2.